The molecule has 19 heavy (non-hydrogen) atoms. The summed E-state index contributed by atoms with van der Waals surface area (Å²) >= 11 is 0. The largest absolute Gasteiger partial charge is 0.501 e. The number of hydrogen-bond acceptors (Lipinski definition) is 3. The normalized spacial score (nSPS) is 19.7. The lowest BCUT2D eigenvalue weighted by atomic mass is 9.78. The molecule has 0 heterocycles. The van der Waals surface area contributed by atoms with E-state index in [9.17, 15) is 10.4 Å². The Morgan fingerprint density at radius 2 is 2.16 bits per heavy atom. The second kappa shape index (κ2) is 7.35. The monoisotopic (exact) mass is 263 g/mol. The van der Waals surface area contributed by atoms with E-state index in [4.69, 9.17) is 4.74 Å². The van der Waals surface area contributed by atoms with Gasteiger partial charge in [0.2, 0.25) is 0 Å². The lowest BCUT2D eigenvalue weighted by molar-refractivity contribution is 0.0210. The molecule has 2 unspecified atom stereocenters. The molecule has 0 aliphatic heterocycles. The first kappa shape index (κ1) is 15.8. The molecule has 106 valence electrons. The second-order valence-corrected chi connectivity index (χ2v) is 5.46. The van der Waals surface area contributed by atoms with Crippen molar-refractivity contribution in [3.05, 3.63) is 23.5 Å². The molecular weight excluding hydrogens is 238 g/mol. The standard InChI is InChI=1S/C16H25NO2/c1-4-5-6-11-16(2,18)15(12-17)13-7-9-14(19-3)10-8-13/h7,9,15,18H,4-6,8,10-11H2,1-3H3. The minimum Gasteiger partial charge on any atom is -0.501 e. The van der Waals surface area contributed by atoms with Gasteiger partial charge in [-0.15, -0.1) is 0 Å². The van der Waals surface area contributed by atoms with E-state index in [1.807, 2.05) is 12.2 Å². The number of ether oxygens (including phenoxy) is 1. The van der Waals surface area contributed by atoms with Crippen LogP contribution in [0.1, 0.15) is 52.4 Å². The molecule has 0 saturated carbocycles. The highest BCUT2D eigenvalue weighted by molar-refractivity contribution is 5.28. The second-order valence-electron chi connectivity index (χ2n) is 5.46. The summed E-state index contributed by atoms with van der Waals surface area (Å²) in [7, 11) is 1.66. The van der Waals surface area contributed by atoms with Crippen LogP contribution in [0, 0.1) is 17.2 Å². The maximum atomic E-state index is 10.6. The Bertz CT molecular complexity index is 388. The number of nitriles is 1. The number of nitrogens with zero attached hydrogens (tertiary/aromatic N) is 1. The Kier molecular flexibility index (Phi) is 6.11. The van der Waals surface area contributed by atoms with Crippen molar-refractivity contribution in [2.45, 2.75) is 58.0 Å². The number of unbranched alkanes of at least 4 members (excludes halogenated alkanes) is 2. The Balaban J connectivity index is 2.75. The molecule has 0 bridgehead atoms. The lowest BCUT2D eigenvalue weighted by Crippen LogP contribution is -2.35. The minimum atomic E-state index is -0.936. The lowest BCUT2D eigenvalue weighted by Gasteiger charge is -2.31. The van der Waals surface area contributed by atoms with Gasteiger partial charge in [0.15, 0.2) is 0 Å². The average molecular weight is 263 g/mol. The first-order valence-electron chi connectivity index (χ1n) is 7.10. The molecule has 1 N–H and O–H groups in total. The van der Waals surface area contributed by atoms with Gasteiger partial charge in [-0.1, -0.05) is 32.3 Å². The van der Waals surface area contributed by atoms with Crippen molar-refractivity contribution >= 4 is 0 Å². The van der Waals surface area contributed by atoms with Crippen LogP contribution in [0.5, 0.6) is 0 Å². The summed E-state index contributed by atoms with van der Waals surface area (Å²) in [6.45, 7) is 3.92. The van der Waals surface area contributed by atoms with Gasteiger partial charge in [-0.2, -0.15) is 5.26 Å². The summed E-state index contributed by atoms with van der Waals surface area (Å²) in [6, 6.07) is 2.28. The number of methoxy groups -OCH3 is 1. The third-order valence-electron chi connectivity index (χ3n) is 3.81. The minimum absolute atomic E-state index is 0.418. The van der Waals surface area contributed by atoms with E-state index in [1.165, 1.54) is 0 Å². The third-order valence-corrected chi connectivity index (χ3v) is 3.81. The van der Waals surface area contributed by atoms with Crippen LogP contribution in [-0.2, 0) is 4.74 Å². The molecule has 0 radical (unpaired) electrons. The quantitative estimate of drug-likeness (QED) is 0.712. The van der Waals surface area contributed by atoms with Crippen LogP contribution < -0.4 is 0 Å². The Morgan fingerprint density at radius 3 is 2.63 bits per heavy atom. The van der Waals surface area contributed by atoms with E-state index in [0.717, 1.165) is 43.4 Å². The molecule has 0 amide bonds. The van der Waals surface area contributed by atoms with Crippen molar-refractivity contribution in [1.29, 1.82) is 5.26 Å². The smallest absolute Gasteiger partial charge is 0.0960 e. The zero-order valence-corrected chi connectivity index (χ0v) is 12.3. The van der Waals surface area contributed by atoms with E-state index >= 15 is 0 Å². The highest BCUT2D eigenvalue weighted by Gasteiger charge is 2.34. The molecule has 0 spiro atoms. The van der Waals surface area contributed by atoms with E-state index in [-0.39, 0.29) is 0 Å². The molecule has 0 fully saturated rings. The van der Waals surface area contributed by atoms with Gasteiger partial charge in [-0.25, -0.2) is 0 Å². The molecule has 0 aromatic carbocycles. The van der Waals surface area contributed by atoms with Crippen molar-refractivity contribution in [2.75, 3.05) is 7.11 Å². The number of hydrogen-bond donors (Lipinski definition) is 1. The zero-order valence-electron chi connectivity index (χ0n) is 12.3. The first-order chi connectivity index (χ1) is 9.05. The van der Waals surface area contributed by atoms with E-state index in [0.29, 0.717) is 6.42 Å². The molecule has 0 saturated heterocycles. The molecule has 1 aliphatic rings. The van der Waals surface area contributed by atoms with Crippen molar-refractivity contribution < 1.29 is 9.84 Å². The SMILES string of the molecule is CCCCCC(C)(O)C(C#N)C1=CC=C(OC)CC1. The third kappa shape index (κ3) is 4.40. The molecule has 3 heteroatoms. The van der Waals surface area contributed by atoms with Gasteiger partial charge in [0.1, 0.15) is 0 Å². The average Bonchev–Trinajstić information content (AvgIpc) is 2.40. The zero-order chi connectivity index (χ0) is 14.3. The molecular formula is C16H25NO2. The molecule has 0 aromatic rings. The fourth-order valence-electron chi connectivity index (χ4n) is 2.54. The Morgan fingerprint density at radius 1 is 1.42 bits per heavy atom. The number of aliphatic hydroxyl groups is 1. The molecule has 0 aromatic heterocycles. The summed E-state index contributed by atoms with van der Waals surface area (Å²) in [5.74, 6) is 0.519. The molecule has 3 nitrogen and oxygen atoms in total. The van der Waals surface area contributed by atoms with Crippen LogP contribution in [0.4, 0.5) is 0 Å². The fourth-order valence-corrected chi connectivity index (χ4v) is 2.54. The summed E-state index contributed by atoms with van der Waals surface area (Å²) in [4.78, 5) is 0. The number of allylic oxidation sites excluding steroid dienone is 3. The molecule has 2 atom stereocenters. The maximum Gasteiger partial charge on any atom is 0.0960 e. The first-order valence-corrected chi connectivity index (χ1v) is 7.10. The fraction of sp³-hybridized carbons (Fsp3) is 0.688. The predicted molar refractivity (Wildman–Crippen MR) is 76.3 cm³/mol. The van der Waals surface area contributed by atoms with Gasteiger partial charge in [-0.3, -0.25) is 0 Å². The Hall–Kier alpha value is -1.27. The van der Waals surface area contributed by atoms with Crippen molar-refractivity contribution in [1.82, 2.24) is 0 Å². The van der Waals surface area contributed by atoms with Crippen LogP contribution in [0.15, 0.2) is 23.5 Å². The topological polar surface area (TPSA) is 53.2 Å². The van der Waals surface area contributed by atoms with Crippen LogP contribution in [0.25, 0.3) is 0 Å². The van der Waals surface area contributed by atoms with Gasteiger partial charge in [0, 0.05) is 6.42 Å². The maximum absolute atomic E-state index is 10.6. The van der Waals surface area contributed by atoms with Crippen LogP contribution >= 0.6 is 0 Å². The summed E-state index contributed by atoms with van der Waals surface area (Å²) < 4.78 is 5.19. The van der Waals surface area contributed by atoms with Gasteiger partial charge < -0.3 is 9.84 Å². The number of rotatable bonds is 7. The van der Waals surface area contributed by atoms with Crippen molar-refractivity contribution in [2.24, 2.45) is 5.92 Å². The van der Waals surface area contributed by atoms with E-state index in [1.54, 1.807) is 14.0 Å². The summed E-state index contributed by atoms with van der Waals surface area (Å²) in [5.41, 5.74) is 0.0820. The summed E-state index contributed by atoms with van der Waals surface area (Å²) in [6.07, 6.45) is 9.31. The highest BCUT2D eigenvalue weighted by Crippen LogP contribution is 2.34. The van der Waals surface area contributed by atoms with E-state index < -0.39 is 11.5 Å². The van der Waals surface area contributed by atoms with Crippen molar-refractivity contribution in [3.63, 3.8) is 0 Å². The van der Waals surface area contributed by atoms with Gasteiger partial charge in [0.25, 0.3) is 0 Å². The van der Waals surface area contributed by atoms with Gasteiger partial charge in [-0.05, 0) is 31.4 Å². The van der Waals surface area contributed by atoms with Crippen LogP contribution in [-0.4, -0.2) is 17.8 Å². The van der Waals surface area contributed by atoms with Gasteiger partial charge in [0.05, 0.1) is 30.5 Å². The van der Waals surface area contributed by atoms with Crippen molar-refractivity contribution in [3.8, 4) is 6.07 Å². The Labute approximate surface area is 116 Å². The molecule has 1 aliphatic carbocycles. The van der Waals surface area contributed by atoms with Crippen LogP contribution in [0.2, 0.25) is 0 Å². The molecule has 1 rings (SSSR count). The van der Waals surface area contributed by atoms with Gasteiger partial charge >= 0.3 is 0 Å². The van der Waals surface area contributed by atoms with E-state index in [2.05, 4.69) is 13.0 Å². The summed E-state index contributed by atoms with van der Waals surface area (Å²) in [5, 5.41) is 20.0. The van der Waals surface area contributed by atoms with Crippen LogP contribution in [0.3, 0.4) is 0 Å². The predicted octanol–water partition coefficient (Wildman–Crippen LogP) is 3.71. The highest BCUT2D eigenvalue weighted by atomic mass is 16.5.